The van der Waals surface area contributed by atoms with Gasteiger partial charge in [0.05, 0.1) is 5.56 Å². The number of nitrogens with two attached hydrogens (primary N) is 1. The summed E-state index contributed by atoms with van der Waals surface area (Å²) < 4.78 is 5.52. The summed E-state index contributed by atoms with van der Waals surface area (Å²) in [5.74, 6) is -0.0648. The van der Waals surface area contributed by atoms with Crippen LogP contribution in [0.5, 0.6) is 5.75 Å². The lowest BCUT2D eigenvalue weighted by Gasteiger charge is -2.07. The lowest BCUT2D eigenvalue weighted by atomic mass is 10.2. The first-order chi connectivity index (χ1) is 8.70. The average molecular weight is 264 g/mol. The molecule has 1 heterocycles. The Bertz CT molecular complexity index is 555. The number of nitrogens with zero attached hydrogens (tertiary/aromatic N) is 2. The van der Waals surface area contributed by atoms with Gasteiger partial charge in [-0.3, -0.25) is 4.79 Å². The van der Waals surface area contributed by atoms with Gasteiger partial charge in [-0.15, -0.1) is 10.2 Å². The topological polar surface area (TPSA) is 90.1 Å². The third-order valence-corrected chi connectivity index (χ3v) is 3.10. The molecule has 2 aromatic rings. The van der Waals surface area contributed by atoms with Gasteiger partial charge < -0.3 is 15.8 Å². The molecule has 0 radical (unpaired) electrons. The quantitative estimate of drug-likeness (QED) is 0.848. The first kappa shape index (κ1) is 12.3. The molecule has 6 nitrogen and oxygen atoms in total. The van der Waals surface area contributed by atoms with Crippen molar-refractivity contribution in [2.45, 2.75) is 6.61 Å². The molecule has 2 rings (SSSR count). The van der Waals surface area contributed by atoms with Gasteiger partial charge in [0.2, 0.25) is 5.13 Å². The number of hydrogen-bond donors (Lipinski definition) is 2. The molecule has 0 aliphatic carbocycles. The summed E-state index contributed by atoms with van der Waals surface area (Å²) in [5.41, 5.74) is 5.61. The maximum absolute atomic E-state index is 11.2. The van der Waals surface area contributed by atoms with Crippen molar-refractivity contribution in [3.8, 4) is 5.75 Å². The van der Waals surface area contributed by atoms with Crippen molar-refractivity contribution in [2.24, 2.45) is 5.73 Å². The molecule has 7 heteroatoms. The Morgan fingerprint density at radius 2 is 2.22 bits per heavy atom. The molecule has 0 aliphatic heterocycles. The molecule has 94 valence electrons. The van der Waals surface area contributed by atoms with Crippen molar-refractivity contribution in [1.29, 1.82) is 0 Å². The van der Waals surface area contributed by atoms with Gasteiger partial charge in [0.1, 0.15) is 12.4 Å². The van der Waals surface area contributed by atoms with Crippen LogP contribution in [-0.2, 0) is 6.61 Å². The molecule has 1 aromatic heterocycles. The normalized spacial score (nSPS) is 10.1. The molecule has 0 saturated carbocycles. The molecular formula is C11H12N4O2S. The SMILES string of the molecule is CNc1nnc(COc2ccccc2C(N)=O)s1. The highest BCUT2D eigenvalue weighted by atomic mass is 32.1. The number of anilines is 1. The largest absolute Gasteiger partial charge is 0.486 e. The Morgan fingerprint density at radius 1 is 1.44 bits per heavy atom. The van der Waals surface area contributed by atoms with Crippen LogP contribution in [0.2, 0.25) is 0 Å². The zero-order chi connectivity index (χ0) is 13.0. The number of benzene rings is 1. The summed E-state index contributed by atoms with van der Waals surface area (Å²) in [5, 5.41) is 12.2. The number of amides is 1. The number of aromatic nitrogens is 2. The first-order valence-electron chi connectivity index (χ1n) is 5.22. The molecule has 0 unspecified atom stereocenters. The van der Waals surface area contributed by atoms with E-state index in [2.05, 4.69) is 15.5 Å². The molecule has 0 fully saturated rings. The van der Waals surface area contributed by atoms with Crippen LogP contribution in [0.4, 0.5) is 5.13 Å². The third-order valence-electron chi connectivity index (χ3n) is 2.18. The van der Waals surface area contributed by atoms with Gasteiger partial charge in [-0.05, 0) is 12.1 Å². The Morgan fingerprint density at radius 3 is 2.89 bits per heavy atom. The molecule has 0 spiro atoms. The summed E-state index contributed by atoms with van der Waals surface area (Å²) in [6.45, 7) is 0.254. The second-order valence-electron chi connectivity index (χ2n) is 3.40. The van der Waals surface area contributed by atoms with Gasteiger partial charge in [-0.2, -0.15) is 0 Å². The van der Waals surface area contributed by atoms with E-state index < -0.39 is 5.91 Å². The maximum Gasteiger partial charge on any atom is 0.252 e. The van der Waals surface area contributed by atoms with Crippen molar-refractivity contribution < 1.29 is 9.53 Å². The fraction of sp³-hybridized carbons (Fsp3) is 0.182. The predicted octanol–water partition coefficient (Wildman–Crippen LogP) is 1.26. The highest BCUT2D eigenvalue weighted by Crippen LogP contribution is 2.20. The Hall–Kier alpha value is -2.15. The number of nitrogens with one attached hydrogen (secondary N) is 1. The molecule has 0 atom stereocenters. The highest BCUT2D eigenvalue weighted by Gasteiger charge is 2.09. The molecule has 0 aliphatic rings. The van der Waals surface area contributed by atoms with Gasteiger partial charge >= 0.3 is 0 Å². The number of carbonyl (C=O) groups is 1. The van der Waals surface area contributed by atoms with Crippen molar-refractivity contribution in [2.75, 3.05) is 12.4 Å². The fourth-order valence-corrected chi connectivity index (χ4v) is 1.95. The molecule has 1 amide bonds. The number of hydrogen-bond acceptors (Lipinski definition) is 6. The van der Waals surface area contributed by atoms with Crippen molar-refractivity contribution in [1.82, 2.24) is 10.2 Å². The summed E-state index contributed by atoms with van der Waals surface area (Å²) in [6.07, 6.45) is 0. The monoisotopic (exact) mass is 264 g/mol. The lowest BCUT2D eigenvalue weighted by Crippen LogP contribution is -2.12. The summed E-state index contributed by atoms with van der Waals surface area (Å²) in [7, 11) is 1.77. The van der Waals surface area contributed by atoms with Gasteiger partial charge in [-0.1, -0.05) is 23.5 Å². The first-order valence-corrected chi connectivity index (χ1v) is 6.04. The van der Waals surface area contributed by atoms with E-state index in [-0.39, 0.29) is 6.61 Å². The molecule has 0 saturated heterocycles. The molecule has 0 bridgehead atoms. The average Bonchev–Trinajstić information content (AvgIpc) is 2.84. The van der Waals surface area contributed by atoms with Crippen LogP contribution >= 0.6 is 11.3 Å². The van der Waals surface area contributed by atoms with E-state index in [1.54, 1.807) is 31.3 Å². The van der Waals surface area contributed by atoms with Crippen LogP contribution in [0.15, 0.2) is 24.3 Å². The van der Waals surface area contributed by atoms with Crippen LogP contribution < -0.4 is 15.8 Å². The smallest absolute Gasteiger partial charge is 0.252 e. The zero-order valence-electron chi connectivity index (χ0n) is 9.71. The van der Waals surface area contributed by atoms with Crippen LogP contribution in [0, 0.1) is 0 Å². The minimum absolute atomic E-state index is 0.254. The molecular weight excluding hydrogens is 252 g/mol. The number of ether oxygens (including phenoxy) is 1. The van der Waals surface area contributed by atoms with Crippen LogP contribution in [-0.4, -0.2) is 23.2 Å². The van der Waals surface area contributed by atoms with E-state index in [0.29, 0.717) is 11.3 Å². The van der Waals surface area contributed by atoms with E-state index in [1.807, 2.05) is 0 Å². The maximum atomic E-state index is 11.2. The standard InChI is InChI=1S/C11H12N4O2S/c1-13-11-15-14-9(18-11)6-17-8-5-3-2-4-7(8)10(12)16/h2-5H,6H2,1H3,(H2,12,16)(H,13,15). The number of rotatable bonds is 5. The Balaban J connectivity index is 2.08. The third kappa shape index (κ3) is 2.75. The molecule has 3 N–H and O–H groups in total. The van der Waals surface area contributed by atoms with E-state index in [1.165, 1.54) is 11.3 Å². The van der Waals surface area contributed by atoms with Gasteiger partial charge in [0.15, 0.2) is 5.01 Å². The van der Waals surface area contributed by atoms with Crippen molar-refractivity contribution in [3.05, 3.63) is 34.8 Å². The zero-order valence-corrected chi connectivity index (χ0v) is 10.5. The van der Waals surface area contributed by atoms with Crippen LogP contribution in [0.3, 0.4) is 0 Å². The number of primary amides is 1. The highest BCUT2D eigenvalue weighted by molar-refractivity contribution is 7.15. The minimum atomic E-state index is -0.515. The minimum Gasteiger partial charge on any atom is -0.486 e. The van der Waals surface area contributed by atoms with E-state index in [4.69, 9.17) is 10.5 Å². The van der Waals surface area contributed by atoms with Crippen molar-refractivity contribution >= 4 is 22.4 Å². The van der Waals surface area contributed by atoms with Crippen molar-refractivity contribution in [3.63, 3.8) is 0 Å². The van der Waals surface area contributed by atoms with Crippen LogP contribution in [0.1, 0.15) is 15.4 Å². The lowest BCUT2D eigenvalue weighted by molar-refractivity contribution is 0.0996. The Kier molecular flexibility index (Phi) is 3.73. The Labute approximate surface area is 108 Å². The molecule has 18 heavy (non-hydrogen) atoms. The summed E-state index contributed by atoms with van der Waals surface area (Å²) in [6, 6.07) is 6.83. The summed E-state index contributed by atoms with van der Waals surface area (Å²) >= 11 is 1.39. The number of carbonyl (C=O) groups excluding carboxylic acids is 1. The summed E-state index contributed by atoms with van der Waals surface area (Å²) in [4.78, 5) is 11.2. The second-order valence-corrected chi connectivity index (χ2v) is 4.46. The fourth-order valence-electron chi connectivity index (χ4n) is 1.35. The predicted molar refractivity (Wildman–Crippen MR) is 68.7 cm³/mol. The van der Waals surface area contributed by atoms with Gasteiger partial charge in [0.25, 0.3) is 5.91 Å². The number of para-hydroxylation sites is 1. The van der Waals surface area contributed by atoms with E-state index in [0.717, 1.165) is 10.1 Å². The second kappa shape index (κ2) is 5.46. The van der Waals surface area contributed by atoms with Gasteiger partial charge in [-0.25, -0.2) is 0 Å². The van der Waals surface area contributed by atoms with E-state index in [9.17, 15) is 4.79 Å². The van der Waals surface area contributed by atoms with Crippen LogP contribution in [0.25, 0.3) is 0 Å². The molecule has 1 aromatic carbocycles. The van der Waals surface area contributed by atoms with Gasteiger partial charge in [0, 0.05) is 7.05 Å². The van der Waals surface area contributed by atoms with E-state index >= 15 is 0 Å².